The van der Waals surface area contributed by atoms with Gasteiger partial charge in [0.05, 0.1) is 25.0 Å². The summed E-state index contributed by atoms with van der Waals surface area (Å²) in [5.74, 6) is -0.774. The number of nitrogen functional groups attached to an aromatic ring is 1. The Kier molecular flexibility index (Phi) is 3.66. The van der Waals surface area contributed by atoms with Crippen LogP contribution in [0.25, 0.3) is 0 Å². The molecular weight excluding hydrogens is 268 g/mol. The summed E-state index contributed by atoms with van der Waals surface area (Å²) in [6, 6.07) is 5.16. The van der Waals surface area contributed by atoms with Crippen LogP contribution in [0.1, 0.15) is 12.0 Å². The maximum Gasteiger partial charge on any atom is 0.306 e. The third kappa shape index (κ3) is 2.81. The lowest BCUT2D eigenvalue weighted by atomic mass is 10.1. The minimum Gasteiger partial charge on any atom is -0.469 e. The van der Waals surface area contributed by atoms with Gasteiger partial charge < -0.3 is 10.5 Å². The molecule has 0 amide bonds. The summed E-state index contributed by atoms with van der Waals surface area (Å²) in [4.78, 5) is 11.0. The van der Waals surface area contributed by atoms with Gasteiger partial charge in [0.25, 0.3) is 0 Å². The van der Waals surface area contributed by atoms with Crippen molar-refractivity contribution in [3.05, 3.63) is 23.8 Å². The van der Waals surface area contributed by atoms with E-state index in [4.69, 9.17) is 5.73 Å². The molecule has 104 valence electrons. The number of rotatable bonds is 4. The Morgan fingerprint density at radius 2 is 2.21 bits per heavy atom. The van der Waals surface area contributed by atoms with E-state index in [1.165, 1.54) is 11.4 Å². The molecule has 0 saturated heterocycles. The zero-order valence-electron chi connectivity index (χ0n) is 10.6. The Hall–Kier alpha value is -1.76. The second-order valence-electron chi connectivity index (χ2n) is 4.35. The van der Waals surface area contributed by atoms with Crippen LogP contribution in [0.4, 0.5) is 11.4 Å². The van der Waals surface area contributed by atoms with Crippen LogP contribution in [0.3, 0.4) is 0 Å². The fourth-order valence-electron chi connectivity index (χ4n) is 2.10. The highest BCUT2D eigenvalue weighted by molar-refractivity contribution is 7.92. The number of nitrogens with zero attached hydrogens (tertiary/aromatic N) is 1. The second-order valence-corrected chi connectivity index (χ2v) is 6.37. The number of carbonyl (C=O) groups is 1. The van der Waals surface area contributed by atoms with Gasteiger partial charge in [-0.15, -0.1) is 0 Å². The minimum absolute atomic E-state index is 0.139. The van der Waals surface area contributed by atoms with Gasteiger partial charge in [0.15, 0.2) is 0 Å². The van der Waals surface area contributed by atoms with E-state index >= 15 is 0 Å². The number of hydrogen-bond acceptors (Lipinski definition) is 5. The summed E-state index contributed by atoms with van der Waals surface area (Å²) < 4.78 is 30.2. The molecule has 0 fully saturated rings. The van der Waals surface area contributed by atoms with Crippen molar-refractivity contribution in [2.75, 3.05) is 29.4 Å². The highest BCUT2D eigenvalue weighted by Crippen LogP contribution is 2.31. The highest BCUT2D eigenvalue weighted by atomic mass is 32.2. The van der Waals surface area contributed by atoms with Gasteiger partial charge in [0.1, 0.15) is 0 Å². The lowest BCUT2D eigenvalue weighted by Crippen LogP contribution is -2.32. The third-order valence-corrected chi connectivity index (χ3v) is 4.85. The molecule has 2 N–H and O–H groups in total. The molecule has 0 radical (unpaired) electrons. The zero-order valence-corrected chi connectivity index (χ0v) is 11.4. The molecule has 0 unspecified atom stereocenters. The number of esters is 1. The van der Waals surface area contributed by atoms with E-state index in [1.807, 2.05) is 0 Å². The lowest BCUT2D eigenvalue weighted by molar-refractivity contribution is -0.140. The molecule has 1 heterocycles. The Morgan fingerprint density at radius 1 is 1.47 bits per heavy atom. The summed E-state index contributed by atoms with van der Waals surface area (Å²) in [5.41, 5.74) is 7.86. The van der Waals surface area contributed by atoms with Gasteiger partial charge in [0.2, 0.25) is 10.0 Å². The van der Waals surface area contributed by atoms with E-state index < -0.39 is 16.0 Å². The number of fused-ring (bicyclic) bond motifs is 1. The molecule has 1 aliphatic rings. The molecule has 1 aromatic rings. The number of carbonyl (C=O) groups excluding carboxylic acids is 1. The first-order valence-corrected chi connectivity index (χ1v) is 7.50. The topological polar surface area (TPSA) is 89.7 Å². The van der Waals surface area contributed by atoms with E-state index in [9.17, 15) is 13.2 Å². The number of methoxy groups -OCH3 is 1. The summed E-state index contributed by atoms with van der Waals surface area (Å²) in [5, 5.41) is 0. The van der Waals surface area contributed by atoms with E-state index in [0.29, 0.717) is 24.3 Å². The molecule has 6 nitrogen and oxygen atoms in total. The Bertz CT molecular complexity index is 598. The predicted octanol–water partition coefficient (Wildman–Crippen LogP) is 0.524. The molecule has 0 atom stereocenters. The van der Waals surface area contributed by atoms with Crippen molar-refractivity contribution >= 4 is 27.4 Å². The molecule has 0 spiro atoms. The lowest BCUT2D eigenvalue weighted by Gasteiger charge is -2.19. The van der Waals surface area contributed by atoms with Crippen LogP contribution in [0.15, 0.2) is 18.2 Å². The molecule has 1 aliphatic heterocycles. The van der Waals surface area contributed by atoms with Crippen molar-refractivity contribution in [3.8, 4) is 0 Å². The number of sulfonamides is 1. The summed E-state index contributed by atoms with van der Waals surface area (Å²) in [6.45, 7) is 0.391. The monoisotopic (exact) mass is 284 g/mol. The number of benzene rings is 1. The molecule has 2 rings (SSSR count). The average Bonchev–Trinajstić information content (AvgIpc) is 2.79. The predicted molar refractivity (Wildman–Crippen MR) is 72.3 cm³/mol. The fraction of sp³-hybridized carbons (Fsp3) is 0.417. The molecule has 0 aliphatic carbocycles. The van der Waals surface area contributed by atoms with Crippen LogP contribution < -0.4 is 10.0 Å². The van der Waals surface area contributed by atoms with Crippen molar-refractivity contribution in [3.63, 3.8) is 0 Å². The smallest absolute Gasteiger partial charge is 0.306 e. The van der Waals surface area contributed by atoms with Crippen LogP contribution in [0, 0.1) is 0 Å². The van der Waals surface area contributed by atoms with Gasteiger partial charge in [-0.25, -0.2) is 8.42 Å². The molecular formula is C12H16N2O4S. The van der Waals surface area contributed by atoms with Crippen LogP contribution >= 0.6 is 0 Å². The van der Waals surface area contributed by atoms with Crippen LogP contribution in [0.2, 0.25) is 0 Å². The second kappa shape index (κ2) is 5.08. The number of ether oxygens (including phenoxy) is 1. The molecule has 0 bridgehead atoms. The normalized spacial score (nSPS) is 14.3. The minimum atomic E-state index is -3.50. The van der Waals surface area contributed by atoms with Gasteiger partial charge in [-0.1, -0.05) is 0 Å². The Balaban J connectivity index is 2.18. The highest BCUT2D eigenvalue weighted by Gasteiger charge is 2.29. The quantitative estimate of drug-likeness (QED) is 0.643. The first kappa shape index (κ1) is 13.7. The third-order valence-electron chi connectivity index (χ3n) is 3.08. The van der Waals surface area contributed by atoms with Crippen molar-refractivity contribution in [1.82, 2.24) is 0 Å². The number of hydrogen-bond donors (Lipinski definition) is 1. The van der Waals surface area contributed by atoms with Gasteiger partial charge in [-0.05, 0) is 30.2 Å². The van der Waals surface area contributed by atoms with E-state index in [0.717, 1.165) is 5.56 Å². The van der Waals surface area contributed by atoms with Crippen LogP contribution in [-0.4, -0.2) is 33.8 Å². The molecule has 0 saturated carbocycles. The largest absolute Gasteiger partial charge is 0.469 e. The maximum absolute atomic E-state index is 12.2. The molecule has 1 aromatic carbocycles. The van der Waals surface area contributed by atoms with E-state index in [2.05, 4.69) is 4.74 Å². The SMILES string of the molecule is COC(=O)CCS(=O)(=O)N1CCc2cc(N)ccc21. The summed E-state index contributed by atoms with van der Waals surface area (Å²) >= 11 is 0. The molecule has 7 heteroatoms. The first-order chi connectivity index (χ1) is 8.94. The van der Waals surface area contributed by atoms with Crippen molar-refractivity contribution in [2.24, 2.45) is 0 Å². The van der Waals surface area contributed by atoms with Crippen LogP contribution in [0.5, 0.6) is 0 Å². The van der Waals surface area contributed by atoms with Crippen LogP contribution in [-0.2, 0) is 26.0 Å². The van der Waals surface area contributed by atoms with E-state index in [1.54, 1.807) is 18.2 Å². The van der Waals surface area contributed by atoms with Gasteiger partial charge >= 0.3 is 5.97 Å². The number of anilines is 2. The Labute approximate surface area is 112 Å². The summed E-state index contributed by atoms with van der Waals surface area (Å²) in [6.07, 6.45) is 0.497. The van der Waals surface area contributed by atoms with Crippen molar-refractivity contribution < 1.29 is 17.9 Å². The number of nitrogens with two attached hydrogens (primary N) is 1. The molecule has 0 aromatic heterocycles. The average molecular weight is 284 g/mol. The summed E-state index contributed by atoms with van der Waals surface area (Å²) in [7, 11) is -2.26. The van der Waals surface area contributed by atoms with Crippen molar-refractivity contribution in [1.29, 1.82) is 0 Å². The molecule has 19 heavy (non-hydrogen) atoms. The van der Waals surface area contributed by atoms with Gasteiger partial charge in [-0.3, -0.25) is 9.10 Å². The standard InChI is InChI=1S/C12H16N2O4S/c1-18-12(15)5-7-19(16,17)14-6-4-9-8-10(13)2-3-11(9)14/h2-3,8H,4-7,13H2,1H3. The zero-order chi connectivity index (χ0) is 14.0. The maximum atomic E-state index is 12.2. The Morgan fingerprint density at radius 3 is 2.89 bits per heavy atom. The van der Waals surface area contributed by atoms with Gasteiger partial charge in [-0.2, -0.15) is 0 Å². The first-order valence-electron chi connectivity index (χ1n) is 5.89. The van der Waals surface area contributed by atoms with Crippen molar-refractivity contribution in [2.45, 2.75) is 12.8 Å². The van der Waals surface area contributed by atoms with E-state index in [-0.39, 0.29) is 12.2 Å². The fourth-order valence-corrected chi connectivity index (χ4v) is 3.60. The van der Waals surface area contributed by atoms with Gasteiger partial charge in [0, 0.05) is 12.2 Å².